The van der Waals surface area contributed by atoms with Gasteiger partial charge in [0, 0.05) is 9.79 Å². The molecule has 142 valence electrons. The van der Waals surface area contributed by atoms with Crippen molar-refractivity contribution in [1.29, 1.82) is 0 Å². The Hall–Kier alpha value is -2.08. The minimum absolute atomic E-state index is 0.117. The van der Waals surface area contributed by atoms with Crippen LogP contribution in [-0.2, 0) is 12.4 Å². The van der Waals surface area contributed by atoms with E-state index < -0.39 is 23.5 Å². The van der Waals surface area contributed by atoms with Crippen LogP contribution >= 0.6 is 21.6 Å². The van der Waals surface area contributed by atoms with Crippen LogP contribution in [-0.4, -0.2) is 0 Å². The first-order valence-corrected chi connectivity index (χ1v) is 8.82. The summed E-state index contributed by atoms with van der Waals surface area (Å²) >= 11 is 0. The Balaban J connectivity index is 2.44. The molecule has 2 aromatic carbocycles. The molecular formula is C14H12F6N4S2. The minimum Gasteiger partial charge on any atom is -0.397 e. The number of halogens is 6. The lowest BCUT2D eigenvalue weighted by atomic mass is 10.1. The summed E-state index contributed by atoms with van der Waals surface area (Å²) in [5.41, 5.74) is 18.8. The highest BCUT2D eigenvalue weighted by Gasteiger charge is 2.36. The first kappa shape index (κ1) is 20.2. The van der Waals surface area contributed by atoms with Gasteiger partial charge in [-0.1, -0.05) is 21.6 Å². The lowest BCUT2D eigenvalue weighted by Gasteiger charge is -2.17. The van der Waals surface area contributed by atoms with E-state index >= 15 is 0 Å². The monoisotopic (exact) mass is 414 g/mol. The molecule has 0 saturated carbocycles. The fraction of sp³-hybridized carbons (Fsp3) is 0.143. The van der Waals surface area contributed by atoms with E-state index in [0.29, 0.717) is 33.7 Å². The summed E-state index contributed by atoms with van der Waals surface area (Å²) in [7, 11) is 0.919. The zero-order valence-corrected chi connectivity index (χ0v) is 14.3. The molecule has 0 amide bonds. The van der Waals surface area contributed by atoms with Crippen molar-refractivity contribution >= 4 is 44.3 Å². The molecule has 0 spiro atoms. The third-order valence-electron chi connectivity index (χ3n) is 3.20. The summed E-state index contributed by atoms with van der Waals surface area (Å²) in [4.78, 5) is -0.754. The van der Waals surface area contributed by atoms with Gasteiger partial charge in [0.1, 0.15) is 0 Å². The number of benzene rings is 2. The van der Waals surface area contributed by atoms with E-state index in [1.54, 1.807) is 0 Å². The molecule has 0 atom stereocenters. The maximum Gasteiger partial charge on any atom is 0.417 e. The second-order valence-corrected chi connectivity index (χ2v) is 7.33. The third-order valence-corrected chi connectivity index (χ3v) is 5.65. The summed E-state index contributed by atoms with van der Waals surface area (Å²) in [6, 6.07) is 3.20. The molecular weight excluding hydrogens is 402 g/mol. The largest absolute Gasteiger partial charge is 0.417 e. The van der Waals surface area contributed by atoms with Crippen molar-refractivity contribution < 1.29 is 26.3 Å². The van der Waals surface area contributed by atoms with Crippen LogP contribution in [0.1, 0.15) is 11.1 Å². The summed E-state index contributed by atoms with van der Waals surface area (Å²) in [6.07, 6.45) is -9.50. The van der Waals surface area contributed by atoms with Crippen LogP contribution in [0.4, 0.5) is 49.1 Å². The van der Waals surface area contributed by atoms with Crippen molar-refractivity contribution in [1.82, 2.24) is 0 Å². The quantitative estimate of drug-likeness (QED) is 0.325. The van der Waals surface area contributed by atoms with Gasteiger partial charge in [-0.05, 0) is 24.3 Å². The fourth-order valence-electron chi connectivity index (χ4n) is 1.90. The normalized spacial score (nSPS) is 12.4. The standard InChI is InChI=1S/C14H12F6N4S2/c15-13(16,17)5-1-7(21)9(23)3-11(5)25-26-12-4-10(24)8(22)2-6(12)14(18,19)20/h1-4H,21-24H2. The molecule has 0 aliphatic carbocycles. The molecule has 2 aromatic rings. The molecule has 0 radical (unpaired) electrons. The molecule has 12 heteroatoms. The molecule has 0 aliphatic rings. The average molecular weight is 414 g/mol. The first-order chi connectivity index (χ1) is 11.8. The number of nitrogen functional groups attached to an aromatic ring is 4. The molecule has 0 bridgehead atoms. The molecule has 0 unspecified atom stereocenters. The average Bonchev–Trinajstić information content (AvgIpc) is 2.48. The second-order valence-electron chi connectivity index (χ2n) is 5.12. The predicted octanol–water partition coefficient (Wildman–Crippen LogP) is 4.85. The Morgan fingerprint density at radius 3 is 1.08 bits per heavy atom. The van der Waals surface area contributed by atoms with Crippen molar-refractivity contribution in [2.75, 3.05) is 22.9 Å². The van der Waals surface area contributed by atoms with E-state index in [2.05, 4.69) is 0 Å². The minimum atomic E-state index is -4.75. The zero-order valence-electron chi connectivity index (χ0n) is 12.7. The van der Waals surface area contributed by atoms with E-state index in [0.717, 1.165) is 12.1 Å². The highest BCUT2D eigenvalue weighted by atomic mass is 33.1. The van der Waals surface area contributed by atoms with E-state index in [1.807, 2.05) is 0 Å². The van der Waals surface area contributed by atoms with Gasteiger partial charge in [-0.15, -0.1) is 0 Å². The Bertz CT molecular complexity index is 766. The number of hydrogen-bond acceptors (Lipinski definition) is 6. The van der Waals surface area contributed by atoms with Crippen LogP contribution in [0, 0.1) is 0 Å². The topological polar surface area (TPSA) is 104 Å². The van der Waals surface area contributed by atoms with Crippen molar-refractivity contribution in [2.45, 2.75) is 22.1 Å². The summed E-state index contributed by atoms with van der Waals surface area (Å²) in [5.74, 6) is 0. The SMILES string of the molecule is Nc1cc(SSc2cc(N)c(N)cc2C(F)(F)F)c(C(F)(F)F)cc1N. The second kappa shape index (κ2) is 6.91. The molecule has 2 rings (SSSR count). The molecule has 0 heterocycles. The van der Waals surface area contributed by atoms with Gasteiger partial charge in [0.25, 0.3) is 0 Å². The van der Waals surface area contributed by atoms with Gasteiger partial charge in [0.15, 0.2) is 0 Å². The van der Waals surface area contributed by atoms with E-state index in [4.69, 9.17) is 22.9 Å². The highest BCUT2D eigenvalue weighted by molar-refractivity contribution is 8.76. The number of anilines is 4. The zero-order chi connectivity index (χ0) is 19.9. The fourth-order valence-corrected chi connectivity index (χ4v) is 4.32. The maximum absolute atomic E-state index is 13.1. The molecule has 0 fully saturated rings. The summed E-state index contributed by atoms with van der Waals surface area (Å²) in [5, 5.41) is 0. The van der Waals surface area contributed by atoms with Crippen LogP contribution in [0.15, 0.2) is 34.1 Å². The van der Waals surface area contributed by atoms with Crippen LogP contribution in [0.2, 0.25) is 0 Å². The maximum atomic E-state index is 13.1. The Morgan fingerprint density at radius 2 is 0.808 bits per heavy atom. The van der Waals surface area contributed by atoms with Gasteiger partial charge in [-0.25, -0.2) is 0 Å². The molecule has 4 nitrogen and oxygen atoms in total. The number of rotatable bonds is 3. The van der Waals surface area contributed by atoms with Crippen LogP contribution in [0.3, 0.4) is 0 Å². The molecule has 8 N–H and O–H groups in total. The van der Waals surface area contributed by atoms with Crippen LogP contribution in [0.25, 0.3) is 0 Å². The molecule has 0 saturated heterocycles. The van der Waals surface area contributed by atoms with Crippen LogP contribution < -0.4 is 22.9 Å². The molecule has 26 heavy (non-hydrogen) atoms. The van der Waals surface area contributed by atoms with Crippen molar-refractivity contribution in [3.05, 3.63) is 35.4 Å². The van der Waals surface area contributed by atoms with Gasteiger partial charge in [-0.2, -0.15) is 26.3 Å². The lowest BCUT2D eigenvalue weighted by molar-refractivity contribution is -0.140. The van der Waals surface area contributed by atoms with Gasteiger partial charge in [0.05, 0.1) is 33.9 Å². The van der Waals surface area contributed by atoms with Crippen molar-refractivity contribution in [2.24, 2.45) is 0 Å². The Morgan fingerprint density at radius 1 is 0.538 bits per heavy atom. The van der Waals surface area contributed by atoms with E-state index in [9.17, 15) is 26.3 Å². The van der Waals surface area contributed by atoms with Gasteiger partial charge >= 0.3 is 12.4 Å². The van der Waals surface area contributed by atoms with Gasteiger partial charge in [0.2, 0.25) is 0 Å². The number of nitrogens with two attached hydrogens (primary N) is 4. The van der Waals surface area contributed by atoms with E-state index in [1.165, 1.54) is 0 Å². The van der Waals surface area contributed by atoms with E-state index in [-0.39, 0.29) is 32.5 Å². The van der Waals surface area contributed by atoms with Crippen molar-refractivity contribution in [3.63, 3.8) is 0 Å². The molecule has 0 aliphatic heterocycles. The third kappa shape index (κ3) is 4.36. The lowest BCUT2D eigenvalue weighted by Crippen LogP contribution is -2.10. The summed E-state index contributed by atoms with van der Waals surface area (Å²) in [6.45, 7) is 0. The predicted molar refractivity (Wildman–Crippen MR) is 92.3 cm³/mol. The number of alkyl halides is 6. The highest BCUT2D eigenvalue weighted by Crippen LogP contribution is 2.49. The first-order valence-electron chi connectivity index (χ1n) is 6.67. The number of hydrogen-bond donors (Lipinski definition) is 4. The summed E-state index contributed by atoms with van der Waals surface area (Å²) < 4.78 is 78.8. The Labute approximate surface area is 151 Å². The molecule has 0 aromatic heterocycles. The van der Waals surface area contributed by atoms with Crippen LogP contribution in [0.5, 0.6) is 0 Å². The smallest absolute Gasteiger partial charge is 0.397 e. The van der Waals surface area contributed by atoms with Crippen molar-refractivity contribution in [3.8, 4) is 0 Å². The van der Waals surface area contributed by atoms with Gasteiger partial charge in [-0.3, -0.25) is 0 Å². The van der Waals surface area contributed by atoms with Gasteiger partial charge < -0.3 is 22.9 Å². The Kier molecular flexibility index (Phi) is 5.38.